The summed E-state index contributed by atoms with van der Waals surface area (Å²) < 4.78 is 0. The fourth-order valence-corrected chi connectivity index (χ4v) is 3.83. The number of aliphatic hydroxyl groups excluding tert-OH is 2. The van der Waals surface area contributed by atoms with Crippen LogP contribution in [0.4, 0.5) is 0 Å². The number of carboxylic acid groups (broad SMARTS) is 1. The molecule has 18 heavy (non-hydrogen) atoms. The summed E-state index contributed by atoms with van der Waals surface area (Å²) in [5.41, 5.74) is 0.196. The van der Waals surface area contributed by atoms with Gasteiger partial charge in [0, 0.05) is 5.57 Å². The Bertz CT molecular complexity index is 365. The van der Waals surface area contributed by atoms with Crippen LogP contribution in [-0.2, 0) is 4.79 Å². The fraction of sp³-hybridized carbons (Fsp3) is 0.786. The zero-order valence-electron chi connectivity index (χ0n) is 10.8. The van der Waals surface area contributed by atoms with E-state index in [1.165, 1.54) is 0 Å². The van der Waals surface area contributed by atoms with Crippen molar-refractivity contribution in [1.29, 1.82) is 0 Å². The van der Waals surface area contributed by atoms with E-state index < -0.39 is 18.2 Å². The van der Waals surface area contributed by atoms with Crippen LogP contribution in [0.5, 0.6) is 0 Å². The van der Waals surface area contributed by atoms with E-state index in [1.54, 1.807) is 0 Å². The maximum atomic E-state index is 11.0. The molecule has 0 radical (unpaired) electrons. The van der Waals surface area contributed by atoms with Gasteiger partial charge in [-0.15, -0.1) is 0 Å². The van der Waals surface area contributed by atoms with E-state index in [0.717, 1.165) is 12.8 Å². The monoisotopic (exact) mass is 254 g/mol. The summed E-state index contributed by atoms with van der Waals surface area (Å²) in [6, 6.07) is 0. The standard InChI is InChI=1S/C14H22O4/c1-8(13(17)18)9-3-4-14(2)7-10(15)6-12(16)11(14)5-9/h9-12,15-16H,1,3-7H2,2H3,(H,17,18)/t9-,10+,11+,12+,14+/m1/s1. The van der Waals surface area contributed by atoms with Gasteiger partial charge < -0.3 is 15.3 Å². The van der Waals surface area contributed by atoms with Crippen LogP contribution in [-0.4, -0.2) is 33.5 Å². The predicted octanol–water partition coefficient (Wildman–Crippen LogP) is 1.57. The highest BCUT2D eigenvalue weighted by atomic mass is 16.4. The van der Waals surface area contributed by atoms with Crippen molar-refractivity contribution in [3.05, 3.63) is 12.2 Å². The summed E-state index contributed by atoms with van der Waals surface area (Å²) in [4.78, 5) is 11.0. The normalized spacial score (nSPS) is 44.2. The third-order valence-corrected chi connectivity index (χ3v) is 4.95. The average Bonchev–Trinajstić information content (AvgIpc) is 2.26. The second-order valence-electron chi connectivity index (χ2n) is 6.22. The largest absolute Gasteiger partial charge is 0.478 e. The molecule has 0 bridgehead atoms. The summed E-state index contributed by atoms with van der Waals surface area (Å²) in [6.07, 6.45) is 2.48. The molecule has 0 spiro atoms. The van der Waals surface area contributed by atoms with Crippen molar-refractivity contribution in [3.63, 3.8) is 0 Å². The molecule has 2 saturated carbocycles. The molecule has 0 heterocycles. The van der Waals surface area contributed by atoms with Crippen molar-refractivity contribution in [2.75, 3.05) is 0 Å². The predicted molar refractivity (Wildman–Crippen MR) is 67.0 cm³/mol. The molecule has 0 aromatic heterocycles. The number of carbonyl (C=O) groups is 1. The minimum atomic E-state index is -0.936. The first-order valence-electron chi connectivity index (χ1n) is 6.61. The third kappa shape index (κ3) is 2.31. The number of fused-ring (bicyclic) bond motifs is 1. The molecule has 0 amide bonds. The van der Waals surface area contributed by atoms with Crippen molar-refractivity contribution in [3.8, 4) is 0 Å². The fourth-order valence-electron chi connectivity index (χ4n) is 3.83. The summed E-state index contributed by atoms with van der Waals surface area (Å²) in [6.45, 7) is 5.75. The number of hydrogen-bond acceptors (Lipinski definition) is 3. The summed E-state index contributed by atoms with van der Waals surface area (Å²) in [7, 11) is 0. The summed E-state index contributed by atoms with van der Waals surface area (Å²) >= 11 is 0. The van der Waals surface area contributed by atoms with Gasteiger partial charge in [0.15, 0.2) is 0 Å². The molecular weight excluding hydrogens is 232 g/mol. The highest BCUT2D eigenvalue weighted by Crippen LogP contribution is 2.52. The zero-order valence-corrected chi connectivity index (χ0v) is 10.8. The maximum absolute atomic E-state index is 11.0. The van der Waals surface area contributed by atoms with E-state index in [2.05, 4.69) is 13.5 Å². The van der Waals surface area contributed by atoms with Gasteiger partial charge in [0.1, 0.15) is 0 Å². The van der Waals surface area contributed by atoms with Crippen LogP contribution in [0.25, 0.3) is 0 Å². The molecule has 4 heteroatoms. The van der Waals surface area contributed by atoms with E-state index in [1.807, 2.05) is 0 Å². The molecule has 2 fully saturated rings. The molecule has 0 saturated heterocycles. The maximum Gasteiger partial charge on any atom is 0.331 e. The number of hydrogen-bond donors (Lipinski definition) is 3. The average molecular weight is 254 g/mol. The molecule has 0 aliphatic heterocycles. The van der Waals surface area contributed by atoms with Gasteiger partial charge in [0.25, 0.3) is 0 Å². The highest BCUT2D eigenvalue weighted by Gasteiger charge is 2.48. The van der Waals surface area contributed by atoms with Gasteiger partial charge in [-0.2, -0.15) is 0 Å². The minimum Gasteiger partial charge on any atom is -0.478 e. The molecule has 0 aromatic carbocycles. The molecule has 2 aliphatic rings. The second kappa shape index (κ2) is 4.67. The zero-order chi connectivity index (χ0) is 13.5. The molecule has 4 nitrogen and oxygen atoms in total. The summed E-state index contributed by atoms with van der Waals surface area (Å²) in [5, 5.41) is 28.9. The van der Waals surface area contributed by atoms with Crippen LogP contribution in [0.2, 0.25) is 0 Å². The van der Waals surface area contributed by atoms with E-state index in [9.17, 15) is 15.0 Å². The van der Waals surface area contributed by atoms with Crippen molar-refractivity contribution >= 4 is 5.97 Å². The second-order valence-corrected chi connectivity index (χ2v) is 6.22. The third-order valence-electron chi connectivity index (χ3n) is 4.95. The molecule has 2 aliphatic carbocycles. The van der Waals surface area contributed by atoms with Gasteiger partial charge in [-0.3, -0.25) is 0 Å². The Kier molecular flexibility index (Phi) is 3.52. The first kappa shape index (κ1) is 13.6. The lowest BCUT2D eigenvalue weighted by molar-refractivity contribution is -0.135. The Morgan fingerprint density at radius 1 is 1.33 bits per heavy atom. The number of aliphatic hydroxyl groups is 2. The summed E-state index contributed by atoms with van der Waals surface area (Å²) in [5.74, 6) is -0.893. The van der Waals surface area contributed by atoms with Crippen molar-refractivity contribution in [1.82, 2.24) is 0 Å². The first-order chi connectivity index (χ1) is 8.33. The Morgan fingerprint density at radius 2 is 2.00 bits per heavy atom. The van der Waals surface area contributed by atoms with Crippen LogP contribution in [0.1, 0.15) is 39.0 Å². The SMILES string of the molecule is C=C(C(=O)O)[C@@H]1CC[C@@]2(C)C[C@@H](O)C[C@H](O)[C@@H]2C1. The highest BCUT2D eigenvalue weighted by molar-refractivity contribution is 5.86. The van der Waals surface area contributed by atoms with Gasteiger partial charge in [-0.1, -0.05) is 13.5 Å². The van der Waals surface area contributed by atoms with E-state index in [-0.39, 0.29) is 22.8 Å². The molecule has 102 valence electrons. The molecule has 5 atom stereocenters. The lowest BCUT2D eigenvalue weighted by atomic mass is 9.56. The Balaban J connectivity index is 2.13. The quantitative estimate of drug-likeness (QED) is 0.654. The van der Waals surface area contributed by atoms with Gasteiger partial charge in [-0.25, -0.2) is 4.79 Å². The van der Waals surface area contributed by atoms with E-state index in [4.69, 9.17) is 5.11 Å². The van der Waals surface area contributed by atoms with Crippen molar-refractivity contribution < 1.29 is 20.1 Å². The topological polar surface area (TPSA) is 77.8 Å². The van der Waals surface area contributed by atoms with Gasteiger partial charge in [0.2, 0.25) is 0 Å². The lowest BCUT2D eigenvalue weighted by Gasteiger charge is -2.51. The molecule has 3 N–H and O–H groups in total. The van der Waals surface area contributed by atoms with Crippen LogP contribution in [0.15, 0.2) is 12.2 Å². The van der Waals surface area contributed by atoms with Crippen LogP contribution in [0, 0.1) is 17.3 Å². The molecule has 0 aromatic rings. The Morgan fingerprint density at radius 3 is 2.61 bits per heavy atom. The van der Waals surface area contributed by atoms with Crippen molar-refractivity contribution in [2.45, 2.75) is 51.2 Å². The van der Waals surface area contributed by atoms with Gasteiger partial charge >= 0.3 is 5.97 Å². The molecular formula is C14H22O4. The number of carboxylic acids is 1. The first-order valence-corrected chi connectivity index (χ1v) is 6.61. The van der Waals surface area contributed by atoms with E-state index >= 15 is 0 Å². The molecule has 0 unspecified atom stereocenters. The smallest absolute Gasteiger partial charge is 0.331 e. The van der Waals surface area contributed by atoms with Crippen molar-refractivity contribution in [2.24, 2.45) is 17.3 Å². The number of rotatable bonds is 2. The number of aliphatic carboxylic acids is 1. The minimum absolute atomic E-state index is 0.0366. The Labute approximate surface area is 107 Å². The van der Waals surface area contributed by atoms with Crippen LogP contribution < -0.4 is 0 Å². The van der Waals surface area contributed by atoms with Gasteiger partial charge in [0.05, 0.1) is 12.2 Å². The Hall–Kier alpha value is -0.870. The van der Waals surface area contributed by atoms with Crippen LogP contribution >= 0.6 is 0 Å². The molecule has 2 rings (SSSR count). The van der Waals surface area contributed by atoms with Gasteiger partial charge in [-0.05, 0) is 49.4 Å². The van der Waals surface area contributed by atoms with E-state index in [0.29, 0.717) is 19.3 Å². The van der Waals surface area contributed by atoms with Crippen LogP contribution in [0.3, 0.4) is 0 Å². The lowest BCUT2D eigenvalue weighted by Crippen LogP contribution is -2.49.